The lowest BCUT2D eigenvalue weighted by Crippen LogP contribution is -2.46. The number of allylic oxidation sites excluding steroid dienone is 1. The molecule has 1 rings (SSSR count). The summed E-state index contributed by atoms with van der Waals surface area (Å²) in [4.78, 5) is 11.4. The van der Waals surface area contributed by atoms with Crippen LogP contribution in [0, 0.1) is 11.3 Å². The van der Waals surface area contributed by atoms with Crippen molar-refractivity contribution >= 4 is 5.78 Å². The van der Waals surface area contributed by atoms with Crippen molar-refractivity contribution in [2.45, 2.75) is 46.0 Å². The fourth-order valence-electron chi connectivity index (χ4n) is 2.08. The van der Waals surface area contributed by atoms with Crippen LogP contribution in [0.4, 0.5) is 0 Å². The average molecular weight is 180 g/mol. The molecule has 1 nitrogen and oxygen atoms in total. The van der Waals surface area contributed by atoms with Crippen LogP contribution in [0.15, 0.2) is 12.7 Å². The molecule has 0 N–H and O–H groups in total. The molecule has 1 heteroatoms. The van der Waals surface area contributed by atoms with E-state index in [1.165, 1.54) is 25.7 Å². The van der Waals surface area contributed by atoms with Crippen LogP contribution in [0.2, 0.25) is 0 Å². The first-order valence-electron chi connectivity index (χ1n) is 5.32. The number of ketones is 1. The van der Waals surface area contributed by atoms with Crippen LogP contribution in [-0.4, -0.2) is 5.78 Å². The highest BCUT2D eigenvalue weighted by Gasteiger charge is 2.47. The van der Waals surface area contributed by atoms with Gasteiger partial charge in [-0.2, -0.15) is 0 Å². The molecule has 0 bridgehead atoms. The van der Waals surface area contributed by atoms with Gasteiger partial charge in [0.1, 0.15) is 5.78 Å². The first-order chi connectivity index (χ1) is 6.15. The highest BCUT2D eigenvalue weighted by molar-refractivity contribution is 5.92. The number of rotatable bonds is 5. The maximum absolute atomic E-state index is 11.4. The van der Waals surface area contributed by atoms with Gasteiger partial charge in [0.2, 0.25) is 0 Å². The normalized spacial score (nSPS) is 32.8. The second-order valence-electron chi connectivity index (χ2n) is 4.31. The summed E-state index contributed by atoms with van der Waals surface area (Å²) in [5, 5.41) is 0. The molecule has 0 radical (unpaired) electrons. The quantitative estimate of drug-likeness (QED) is 0.468. The third-order valence-electron chi connectivity index (χ3n) is 3.46. The second-order valence-corrected chi connectivity index (χ2v) is 4.31. The van der Waals surface area contributed by atoms with Crippen LogP contribution in [-0.2, 0) is 4.79 Å². The molecule has 13 heavy (non-hydrogen) atoms. The SMILES string of the molecule is C=C[C@]1(C)C(=O)C[C@@H]1CCCCC. The number of hydrogen-bond acceptors (Lipinski definition) is 1. The van der Waals surface area contributed by atoms with Crippen molar-refractivity contribution in [3.63, 3.8) is 0 Å². The maximum atomic E-state index is 11.4. The zero-order valence-electron chi connectivity index (χ0n) is 8.81. The summed E-state index contributed by atoms with van der Waals surface area (Å²) in [5.74, 6) is 0.952. The predicted octanol–water partition coefficient (Wildman–Crippen LogP) is 3.35. The van der Waals surface area contributed by atoms with Gasteiger partial charge in [-0.1, -0.05) is 32.3 Å². The van der Waals surface area contributed by atoms with E-state index in [1.54, 1.807) is 0 Å². The molecule has 74 valence electrons. The molecule has 0 aromatic heterocycles. The third kappa shape index (κ3) is 1.84. The van der Waals surface area contributed by atoms with E-state index in [0.29, 0.717) is 11.7 Å². The van der Waals surface area contributed by atoms with Crippen molar-refractivity contribution < 1.29 is 4.79 Å². The molecule has 1 saturated carbocycles. The Balaban J connectivity index is 2.37. The van der Waals surface area contributed by atoms with Gasteiger partial charge in [0, 0.05) is 11.8 Å². The molecular formula is C12H20O. The van der Waals surface area contributed by atoms with Crippen molar-refractivity contribution in [1.82, 2.24) is 0 Å². The third-order valence-corrected chi connectivity index (χ3v) is 3.46. The number of Topliss-reactive ketones (excluding diaryl/α,β-unsaturated/α-hetero) is 1. The molecule has 1 aliphatic carbocycles. The molecule has 1 fully saturated rings. The molecule has 0 amide bonds. The van der Waals surface area contributed by atoms with E-state index in [0.717, 1.165) is 6.42 Å². The standard InChI is InChI=1S/C12H20O/c1-4-6-7-8-10-9-11(13)12(10,3)5-2/h5,10H,2,4,6-9H2,1,3H3/t10-,12-/m0/s1. The van der Waals surface area contributed by atoms with Gasteiger partial charge in [-0.15, -0.1) is 6.58 Å². The van der Waals surface area contributed by atoms with Gasteiger partial charge in [0.25, 0.3) is 0 Å². The molecule has 1 aliphatic rings. The molecule has 0 unspecified atom stereocenters. The summed E-state index contributed by atoms with van der Waals surface area (Å²) in [6.07, 6.45) is 7.63. The molecule has 2 atom stereocenters. The van der Waals surface area contributed by atoms with Crippen LogP contribution >= 0.6 is 0 Å². The highest BCUT2D eigenvalue weighted by atomic mass is 16.1. The van der Waals surface area contributed by atoms with Gasteiger partial charge in [-0.3, -0.25) is 4.79 Å². The van der Waals surface area contributed by atoms with Crippen molar-refractivity contribution in [1.29, 1.82) is 0 Å². The van der Waals surface area contributed by atoms with E-state index in [9.17, 15) is 4.79 Å². The summed E-state index contributed by atoms with van der Waals surface area (Å²) in [7, 11) is 0. The average Bonchev–Trinajstić information content (AvgIpc) is 2.15. The second kappa shape index (κ2) is 4.08. The van der Waals surface area contributed by atoms with Gasteiger partial charge in [0.05, 0.1) is 0 Å². The van der Waals surface area contributed by atoms with Gasteiger partial charge < -0.3 is 0 Å². The van der Waals surface area contributed by atoms with Crippen molar-refractivity contribution in [2.24, 2.45) is 11.3 Å². The lowest BCUT2D eigenvalue weighted by molar-refractivity contribution is -0.140. The summed E-state index contributed by atoms with van der Waals surface area (Å²) >= 11 is 0. The van der Waals surface area contributed by atoms with E-state index < -0.39 is 0 Å². The number of carbonyl (C=O) groups excluding carboxylic acids is 1. The van der Waals surface area contributed by atoms with Crippen LogP contribution < -0.4 is 0 Å². The summed E-state index contributed by atoms with van der Waals surface area (Å²) in [6, 6.07) is 0. The Hall–Kier alpha value is -0.590. The van der Waals surface area contributed by atoms with Crippen LogP contribution in [0.25, 0.3) is 0 Å². The first-order valence-corrected chi connectivity index (χ1v) is 5.32. The van der Waals surface area contributed by atoms with E-state index in [4.69, 9.17) is 0 Å². The summed E-state index contributed by atoms with van der Waals surface area (Å²) in [5.41, 5.74) is -0.187. The lowest BCUT2D eigenvalue weighted by atomic mass is 9.59. The molecule has 0 saturated heterocycles. The molecule has 0 aliphatic heterocycles. The predicted molar refractivity (Wildman–Crippen MR) is 55.6 cm³/mol. The van der Waals surface area contributed by atoms with Crippen molar-refractivity contribution in [3.8, 4) is 0 Å². The zero-order chi connectivity index (χ0) is 9.90. The highest BCUT2D eigenvalue weighted by Crippen LogP contribution is 2.46. The Morgan fingerprint density at radius 1 is 1.62 bits per heavy atom. The maximum Gasteiger partial charge on any atom is 0.143 e. The Labute approximate surface area is 81.2 Å². The van der Waals surface area contributed by atoms with E-state index in [1.807, 2.05) is 13.0 Å². The van der Waals surface area contributed by atoms with Crippen molar-refractivity contribution in [2.75, 3.05) is 0 Å². The monoisotopic (exact) mass is 180 g/mol. The lowest BCUT2D eigenvalue weighted by Gasteiger charge is -2.43. The smallest absolute Gasteiger partial charge is 0.143 e. The summed E-state index contributed by atoms with van der Waals surface area (Å²) in [6.45, 7) is 8.00. The first kappa shape index (κ1) is 10.5. The fraction of sp³-hybridized carbons (Fsp3) is 0.750. The van der Waals surface area contributed by atoms with Crippen LogP contribution in [0.5, 0.6) is 0 Å². The topological polar surface area (TPSA) is 17.1 Å². The van der Waals surface area contributed by atoms with E-state index in [-0.39, 0.29) is 5.41 Å². The molecule has 0 spiro atoms. The van der Waals surface area contributed by atoms with Crippen LogP contribution in [0.3, 0.4) is 0 Å². The van der Waals surface area contributed by atoms with E-state index >= 15 is 0 Å². The number of carbonyl (C=O) groups is 1. The Morgan fingerprint density at radius 2 is 2.31 bits per heavy atom. The van der Waals surface area contributed by atoms with Gasteiger partial charge in [-0.05, 0) is 19.3 Å². The molecule has 0 heterocycles. The Kier molecular flexibility index (Phi) is 3.29. The molecule has 0 aromatic rings. The fourth-order valence-corrected chi connectivity index (χ4v) is 2.08. The minimum Gasteiger partial charge on any atom is -0.299 e. The molecular weight excluding hydrogens is 160 g/mol. The van der Waals surface area contributed by atoms with E-state index in [2.05, 4.69) is 13.5 Å². The van der Waals surface area contributed by atoms with Crippen LogP contribution in [0.1, 0.15) is 46.0 Å². The minimum absolute atomic E-state index is 0.187. The Morgan fingerprint density at radius 3 is 2.77 bits per heavy atom. The van der Waals surface area contributed by atoms with Gasteiger partial charge in [0.15, 0.2) is 0 Å². The van der Waals surface area contributed by atoms with Gasteiger partial charge >= 0.3 is 0 Å². The van der Waals surface area contributed by atoms with Gasteiger partial charge in [-0.25, -0.2) is 0 Å². The van der Waals surface area contributed by atoms with Crippen molar-refractivity contribution in [3.05, 3.63) is 12.7 Å². The molecule has 0 aromatic carbocycles. The number of unbranched alkanes of at least 4 members (excludes halogenated alkanes) is 2. The number of hydrogen-bond donors (Lipinski definition) is 0. The summed E-state index contributed by atoms with van der Waals surface area (Å²) < 4.78 is 0. The Bertz CT molecular complexity index is 207. The zero-order valence-corrected chi connectivity index (χ0v) is 8.81. The largest absolute Gasteiger partial charge is 0.299 e. The minimum atomic E-state index is -0.187.